The van der Waals surface area contributed by atoms with Crippen molar-refractivity contribution in [3.8, 4) is 5.75 Å². The highest BCUT2D eigenvalue weighted by Crippen LogP contribution is 2.19. The van der Waals surface area contributed by atoms with Gasteiger partial charge in [-0.2, -0.15) is 0 Å². The van der Waals surface area contributed by atoms with E-state index < -0.39 is 47.3 Å². The highest BCUT2D eigenvalue weighted by molar-refractivity contribution is 5.99. The van der Waals surface area contributed by atoms with Crippen LogP contribution in [0, 0.1) is 11.6 Å². The van der Waals surface area contributed by atoms with E-state index in [1.54, 1.807) is 30.3 Å². The number of carbonyl (C=O) groups is 2. The molecule has 0 aliphatic carbocycles. The maximum Gasteiger partial charge on any atom is 0.272 e. The Balaban J connectivity index is 2.07. The second-order valence-corrected chi connectivity index (χ2v) is 8.44. The van der Waals surface area contributed by atoms with Crippen LogP contribution in [0.5, 0.6) is 5.75 Å². The van der Waals surface area contributed by atoms with Crippen LogP contribution in [0.3, 0.4) is 0 Å². The molecule has 0 saturated carbocycles. The molecule has 0 fully saturated rings. The van der Waals surface area contributed by atoms with Gasteiger partial charge in [0.2, 0.25) is 5.43 Å². The molecule has 1 heterocycles. The molecular weight excluding hydrogens is 508 g/mol. The van der Waals surface area contributed by atoms with Crippen LogP contribution >= 0.6 is 0 Å². The van der Waals surface area contributed by atoms with Crippen LogP contribution in [0.2, 0.25) is 0 Å². The Labute approximate surface area is 224 Å². The molecule has 0 aliphatic heterocycles. The third-order valence-electron chi connectivity index (χ3n) is 5.63. The lowest BCUT2D eigenvalue weighted by Crippen LogP contribution is -2.39. The number of carbonyl (C=O) groups excluding carboxylic acids is 2. The first-order chi connectivity index (χ1) is 18.8. The molecular formula is C29H29F2N3O5. The van der Waals surface area contributed by atoms with Crippen molar-refractivity contribution in [2.75, 3.05) is 6.61 Å². The summed E-state index contributed by atoms with van der Waals surface area (Å²) in [7, 11) is 0. The number of aliphatic hydroxyl groups is 1. The number of benzene rings is 2. The molecule has 3 aromatic rings. The number of amides is 2. The fourth-order valence-corrected chi connectivity index (χ4v) is 3.54. The van der Waals surface area contributed by atoms with Gasteiger partial charge in [0.25, 0.3) is 11.8 Å². The van der Waals surface area contributed by atoms with Crippen molar-refractivity contribution in [2.24, 2.45) is 0 Å². The molecule has 1 atom stereocenters. The fourth-order valence-electron chi connectivity index (χ4n) is 3.54. The standard InChI is InChI=1S/C29H29F2N3O5/c1-3-5-13-34-16-23(28(37)32-15-20-11-12-21(30)14-24(20)31)26(36)27(39-18-19-9-7-6-8-10-19)25(34)29(38)33-22(4-2)17-35/h4-14,16,22,35H,2-3,15,17-18H2,1H3,(H,32,37)(H,33,38)/t22-/m0/s1. The Kier molecular flexibility index (Phi) is 10.3. The maximum absolute atomic E-state index is 14.1. The van der Waals surface area contributed by atoms with Crippen molar-refractivity contribution in [1.82, 2.24) is 15.2 Å². The molecule has 8 nitrogen and oxygen atoms in total. The summed E-state index contributed by atoms with van der Waals surface area (Å²) in [6.07, 6.45) is 6.29. The van der Waals surface area contributed by atoms with Crippen LogP contribution in [-0.4, -0.2) is 34.1 Å². The number of pyridine rings is 1. The lowest BCUT2D eigenvalue weighted by atomic mass is 10.1. The van der Waals surface area contributed by atoms with E-state index in [-0.39, 0.29) is 30.0 Å². The third kappa shape index (κ3) is 7.48. The van der Waals surface area contributed by atoms with Gasteiger partial charge in [0.1, 0.15) is 23.8 Å². The average molecular weight is 538 g/mol. The first-order valence-electron chi connectivity index (χ1n) is 12.2. The number of aromatic nitrogens is 1. The molecule has 0 saturated heterocycles. The van der Waals surface area contributed by atoms with E-state index in [0.29, 0.717) is 18.1 Å². The van der Waals surface area contributed by atoms with Crippen molar-refractivity contribution in [3.63, 3.8) is 0 Å². The van der Waals surface area contributed by atoms with Crippen LogP contribution in [0.15, 0.2) is 78.3 Å². The monoisotopic (exact) mass is 537 g/mol. The normalized spacial score (nSPS) is 11.7. The largest absolute Gasteiger partial charge is 0.483 e. The summed E-state index contributed by atoms with van der Waals surface area (Å²) in [5, 5.41) is 14.5. The number of aliphatic hydroxyl groups excluding tert-OH is 1. The Morgan fingerprint density at radius 3 is 2.54 bits per heavy atom. The maximum atomic E-state index is 14.1. The number of halogens is 2. The predicted molar refractivity (Wildman–Crippen MR) is 143 cm³/mol. The van der Waals surface area contributed by atoms with Gasteiger partial charge in [0.05, 0.1) is 12.6 Å². The van der Waals surface area contributed by atoms with Crippen LogP contribution in [0.1, 0.15) is 45.3 Å². The number of allylic oxidation sites excluding steroid dienone is 1. The molecule has 0 radical (unpaired) electrons. The van der Waals surface area contributed by atoms with E-state index in [0.717, 1.165) is 6.07 Å². The van der Waals surface area contributed by atoms with E-state index in [1.165, 1.54) is 29.1 Å². The van der Waals surface area contributed by atoms with Gasteiger partial charge in [-0.25, -0.2) is 8.78 Å². The van der Waals surface area contributed by atoms with Gasteiger partial charge in [-0.15, -0.1) is 6.58 Å². The molecule has 1 aromatic heterocycles. The smallest absolute Gasteiger partial charge is 0.272 e. The Morgan fingerprint density at radius 2 is 1.90 bits per heavy atom. The third-order valence-corrected chi connectivity index (χ3v) is 5.63. The first-order valence-corrected chi connectivity index (χ1v) is 12.2. The zero-order valence-corrected chi connectivity index (χ0v) is 21.3. The zero-order chi connectivity index (χ0) is 28.4. The quantitative estimate of drug-likeness (QED) is 0.305. The molecule has 0 spiro atoms. The van der Waals surface area contributed by atoms with E-state index in [4.69, 9.17) is 4.74 Å². The molecule has 0 aliphatic rings. The lowest BCUT2D eigenvalue weighted by Gasteiger charge is -2.19. The summed E-state index contributed by atoms with van der Waals surface area (Å²) < 4.78 is 34.4. The second kappa shape index (κ2) is 13.8. The average Bonchev–Trinajstić information content (AvgIpc) is 2.94. The SMILES string of the molecule is C=C[C@@H](CO)NC(=O)c1c(OCc2ccccc2)c(=O)c(C(=O)NCc2ccc(F)cc2F)cn1C=CCC. The van der Waals surface area contributed by atoms with Crippen molar-refractivity contribution in [1.29, 1.82) is 0 Å². The number of hydrogen-bond acceptors (Lipinski definition) is 5. The van der Waals surface area contributed by atoms with Crippen molar-refractivity contribution in [3.05, 3.63) is 118 Å². The van der Waals surface area contributed by atoms with E-state index in [2.05, 4.69) is 17.2 Å². The van der Waals surface area contributed by atoms with Crippen LogP contribution < -0.4 is 20.8 Å². The Hall–Kier alpha value is -4.57. The molecule has 3 rings (SSSR count). The lowest BCUT2D eigenvalue weighted by molar-refractivity contribution is 0.0910. The Bertz CT molecular complexity index is 1420. The van der Waals surface area contributed by atoms with Crippen molar-refractivity contribution < 1.29 is 28.2 Å². The number of hydrogen-bond donors (Lipinski definition) is 3. The summed E-state index contributed by atoms with van der Waals surface area (Å²) in [6.45, 7) is 4.61. The molecule has 39 heavy (non-hydrogen) atoms. The van der Waals surface area contributed by atoms with Crippen LogP contribution in [0.4, 0.5) is 8.78 Å². The summed E-state index contributed by atoms with van der Waals surface area (Å²) >= 11 is 0. The van der Waals surface area contributed by atoms with Gasteiger partial charge in [0, 0.05) is 30.6 Å². The summed E-state index contributed by atoms with van der Waals surface area (Å²) in [5.74, 6) is -3.59. The molecule has 3 N–H and O–H groups in total. The number of nitrogens with one attached hydrogen (secondary N) is 2. The van der Waals surface area contributed by atoms with Gasteiger partial charge in [-0.3, -0.25) is 14.4 Å². The molecule has 0 bridgehead atoms. The Morgan fingerprint density at radius 1 is 1.15 bits per heavy atom. The van der Waals surface area contributed by atoms with Gasteiger partial charge >= 0.3 is 0 Å². The first kappa shape index (κ1) is 29.0. The van der Waals surface area contributed by atoms with Crippen molar-refractivity contribution in [2.45, 2.75) is 32.5 Å². The van der Waals surface area contributed by atoms with Gasteiger partial charge in [-0.1, -0.05) is 55.5 Å². The summed E-state index contributed by atoms with van der Waals surface area (Å²) in [5.41, 5.74) is -0.692. The minimum Gasteiger partial charge on any atom is -0.483 e. The summed E-state index contributed by atoms with van der Waals surface area (Å²) in [4.78, 5) is 39.9. The van der Waals surface area contributed by atoms with Gasteiger partial charge in [0.15, 0.2) is 11.4 Å². The van der Waals surface area contributed by atoms with Crippen LogP contribution in [0.25, 0.3) is 6.20 Å². The molecule has 0 unspecified atom stereocenters. The van der Waals surface area contributed by atoms with Gasteiger partial charge < -0.3 is 25.0 Å². The number of ether oxygens (including phenoxy) is 1. The zero-order valence-electron chi connectivity index (χ0n) is 21.3. The highest BCUT2D eigenvalue weighted by atomic mass is 19.1. The molecule has 204 valence electrons. The number of rotatable bonds is 12. The number of nitrogens with zero attached hydrogens (tertiary/aromatic N) is 1. The fraction of sp³-hybridized carbons (Fsp3) is 0.207. The molecule has 2 amide bonds. The van der Waals surface area contributed by atoms with Crippen LogP contribution in [-0.2, 0) is 13.2 Å². The summed E-state index contributed by atoms with van der Waals surface area (Å²) in [6, 6.07) is 11.0. The minimum absolute atomic E-state index is 0.0203. The second-order valence-electron chi connectivity index (χ2n) is 8.44. The molecule has 10 heteroatoms. The van der Waals surface area contributed by atoms with E-state index in [1.807, 2.05) is 13.0 Å². The van der Waals surface area contributed by atoms with Gasteiger partial charge in [-0.05, 0) is 18.1 Å². The predicted octanol–water partition coefficient (Wildman–Crippen LogP) is 3.79. The topological polar surface area (TPSA) is 110 Å². The molecule has 2 aromatic carbocycles. The minimum atomic E-state index is -0.867. The highest BCUT2D eigenvalue weighted by Gasteiger charge is 2.26. The van der Waals surface area contributed by atoms with Crippen molar-refractivity contribution >= 4 is 18.0 Å². The van der Waals surface area contributed by atoms with E-state index in [9.17, 15) is 28.3 Å². The van der Waals surface area contributed by atoms with E-state index >= 15 is 0 Å².